The number of benzene rings is 3. The number of aromatic nitrogens is 4. The number of aromatic amines is 1. The Hall–Kier alpha value is -4.17. The van der Waals surface area contributed by atoms with Crippen molar-refractivity contribution in [1.29, 1.82) is 0 Å². The number of methoxy groups -OCH3 is 1. The molecule has 160 valence electrons. The van der Waals surface area contributed by atoms with Crippen molar-refractivity contribution in [3.05, 3.63) is 66.9 Å². The van der Waals surface area contributed by atoms with E-state index in [0.717, 1.165) is 38.8 Å². The molecule has 4 N–H and O–H groups in total. The number of anilines is 3. The standard InChI is InChI=1S/C24H22N6O2/c1-31-9-10-32-19-6-8-22-20(13-19)24(27-18-5-7-21-16(12-18)14-26-30-21)29-23(28-22)15-3-2-4-17(25)11-15/h2-8,11-14H,9-10,25H2,1H3,(H,26,30)(H,27,28,29). The minimum atomic E-state index is 0.462. The van der Waals surface area contributed by atoms with Gasteiger partial charge in [-0.15, -0.1) is 0 Å². The number of nitrogens with zero attached hydrogens (tertiary/aromatic N) is 3. The van der Waals surface area contributed by atoms with Crippen LogP contribution in [0, 0.1) is 0 Å². The van der Waals surface area contributed by atoms with Crippen molar-refractivity contribution in [3.8, 4) is 17.1 Å². The van der Waals surface area contributed by atoms with Crippen LogP contribution in [0.5, 0.6) is 5.75 Å². The fourth-order valence-electron chi connectivity index (χ4n) is 3.50. The van der Waals surface area contributed by atoms with E-state index in [0.29, 0.717) is 30.5 Å². The normalized spacial score (nSPS) is 11.2. The molecular weight excluding hydrogens is 404 g/mol. The summed E-state index contributed by atoms with van der Waals surface area (Å²) in [5.74, 6) is 1.99. The monoisotopic (exact) mass is 426 g/mol. The molecule has 3 aromatic carbocycles. The van der Waals surface area contributed by atoms with Crippen molar-refractivity contribution < 1.29 is 9.47 Å². The summed E-state index contributed by atoms with van der Waals surface area (Å²) in [5.41, 5.74) is 10.1. The second kappa shape index (κ2) is 8.52. The van der Waals surface area contributed by atoms with Crippen LogP contribution in [0.25, 0.3) is 33.2 Å². The van der Waals surface area contributed by atoms with Gasteiger partial charge in [-0.2, -0.15) is 5.10 Å². The molecular formula is C24H22N6O2. The van der Waals surface area contributed by atoms with E-state index in [1.807, 2.05) is 60.7 Å². The number of hydrogen-bond donors (Lipinski definition) is 3. The summed E-state index contributed by atoms with van der Waals surface area (Å²) in [5, 5.41) is 12.4. The van der Waals surface area contributed by atoms with E-state index in [-0.39, 0.29) is 0 Å². The Morgan fingerprint density at radius 3 is 2.81 bits per heavy atom. The molecule has 8 nitrogen and oxygen atoms in total. The molecule has 0 aliphatic rings. The van der Waals surface area contributed by atoms with Crippen molar-refractivity contribution in [3.63, 3.8) is 0 Å². The Bertz CT molecular complexity index is 1400. The van der Waals surface area contributed by atoms with Crippen LogP contribution in [0.4, 0.5) is 17.2 Å². The average Bonchev–Trinajstić information content (AvgIpc) is 3.27. The number of fused-ring (bicyclic) bond motifs is 2. The molecule has 8 heteroatoms. The summed E-state index contributed by atoms with van der Waals surface area (Å²) >= 11 is 0. The SMILES string of the molecule is COCCOc1ccc2nc(-c3cccc(N)c3)nc(Nc3ccc4[nH]ncc4c3)c2c1. The number of ether oxygens (including phenoxy) is 2. The van der Waals surface area contributed by atoms with Crippen LogP contribution < -0.4 is 15.8 Å². The van der Waals surface area contributed by atoms with E-state index in [2.05, 4.69) is 15.5 Å². The third kappa shape index (κ3) is 4.03. The van der Waals surface area contributed by atoms with E-state index in [1.165, 1.54) is 0 Å². The Balaban J connectivity index is 1.60. The number of nitrogens with one attached hydrogen (secondary N) is 2. The minimum absolute atomic E-state index is 0.462. The second-order valence-corrected chi connectivity index (χ2v) is 7.34. The molecule has 32 heavy (non-hydrogen) atoms. The van der Waals surface area contributed by atoms with Crippen LogP contribution in [0.3, 0.4) is 0 Å². The van der Waals surface area contributed by atoms with Gasteiger partial charge in [-0.25, -0.2) is 9.97 Å². The number of rotatable bonds is 7. The van der Waals surface area contributed by atoms with Gasteiger partial charge in [-0.1, -0.05) is 12.1 Å². The van der Waals surface area contributed by atoms with E-state index in [1.54, 1.807) is 13.3 Å². The fraction of sp³-hybridized carbons (Fsp3) is 0.125. The zero-order valence-corrected chi connectivity index (χ0v) is 17.5. The lowest BCUT2D eigenvalue weighted by Gasteiger charge is -2.13. The molecule has 0 radical (unpaired) electrons. The molecule has 0 spiro atoms. The average molecular weight is 426 g/mol. The molecule has 0 bridgehead atoms. The number of hydrogen-bond acceptors (Lipinski definition) is 7. The molecule has 0 fully saturated rings. The molecule has 0 amide bonds. The zero-order chi connectivity index (χ0) is 21.9. The maximum Gasteiger partial charge on any atom is 0.162 e. The van der Waals surface area contributed by atoms with Gasteiger partial charge in [0.05, 0.1) is 23.8 Å². The first-order valence-corrected chi connectivity index (χ1v) is 10.2. The van der Waals surface area contributed by atoms with Gasteiger partial charge < -0.3 is 20.5 Å². The van der Waals surface area contributed by atoms with Crippen molar-refractivity contribution in [1.82, 2.24) is 20.2 Å². The maximum absolute atomic E-state index is 5.98. The van der Waals surface area contributed by atoms with Crippen LogP contribution in [0.1, 0.15) is 0 Å². The highest BCUT2D eigenvalue weighted by molar-refractivity contribution is 5.94. The van der Waals surface area contributed by atoms with E-state index in [9.17, 15) is 0 Å². The summed E-state index contributed by atoms with van der Waals surface area (Å²) in [6.07, 6.45) is 1.79. The molecule has 0 atom stereocenters. The Morgan fingerprint density at radius 2 is 1.94 bits per heavy atom. The molecule has 2 aromatic heterocycles. The van der Waals surface area contributed by atoms with Gasteiger partial charge in [0, 0.05) is 34.8 Å². The van der Waals surface area contributed by atoms with Gasteiger partial charge >= 0.3 is 0 Å². The van der Waals surface area contributed by atoms with Gasteiger partial charge in [0.15, 0.2) is 5.82 Å². The highest BCUT2D eigenvalue weighted by atomic mass is 16.5. The first-order chi connectivity index (χ1) is 15.7. The largest absolute Gasteiger partial charge is 0.491 e. The molecule has 5 aromatic rings. The summed E-state index contributed by atoms with van der Waals surface area (Å²) < 4.78 is 10.9. The maximum atomic E-state index is 5.98. The van der Waals surface area contributed by atoms with E-state index in [4.69, 9.17) is 25.2 Å². The number of nitrogen functional groups attached to an aromatic ring is 1. The minimum Gasteiger partial charge on any atom is -0.491 e. The van der Waals surface area contributed by atoms with Gasteiger partial charge in [0.2, 0.25) is 0 Å². The lowest BCUT2D eigenvalue weighted by atomic mass is 10.1. The zero-order valence-electron chi connectivity index (χ0n) is 17.5. The Morgan fingerprint density at radius 1 is 1.00 bits per heavy atom. The third-order valence-electron chi connectivity index (χ3n) is 5.07. The molecule has 0 unspecified atom stereocenters. The van der Waals surface area contributed by atoms with Gasteiger partial charge in [-0.3, -0.25) is 5.10 Å². The van der Waals surface area contributed by atoms with Crippen molar-refractivity contribution in [2.75, 3.05) is 31.4 Å². The number of nitrogens with two attached hydrogens (primary N) is 1. The summed E-state index contributed by atoms with van der Waals surface area (Å²) in [6, 6.07) is 19.3. The lowest BCUT2D eigenvalue weighted by molar-refractivity contribution is 0.146. The van der Waals surface area contributed by atoms with E-state index >= 15 is 0 Å². The topological polar surface area (TPSA) is 111 Å². The predicted octanol–water partition coefficient (Wildman–Crippen LogP) is 4.52. The van der Waals surface area contributed by atoms with Crippen LogP contribution in [0.2, 0.25) is 0 Å². The Labute approximate surface area is 184 Å². The Kier molecular flexibility index (Phi) is 5.27. The molecule has 0 aliphatic heterocycles. The quantitative estimate of drug-likeness (QED) is 0.259. The molecule has 0 saturated heterocycles. The summed E-state index contributed by atoms with van der Waals surface area (Å²) in [6.45, 7) is 0.975. The summed E-state index contributed by atoms with van der Waals surface area (Å²) in [7, 11) is 1.65. The third-order valence-corrected chi connectivity index (χ3v) is 5.07. The molecule has 2 heterocycles. The van der Waals surface area contributed by atoms with E-state index < -0.39 is 0 Å². The highest BCUT2D eigenvalue weighted by Gasteiger charge is 2.12. The van der Waals surface area contributed by atoms with Gasteiger partial charge in [0.25, 0.3) is 0 Å². The first-order valence-electron chi connectivity index (χ1n) is 10.2. The second-order valence-electron chi connectivity index (χ2n) is 7.34. The first kappa shape index (κ1) is 19.8. The van der Waals surface area contributed by atoms with Crippen molar-refractivity contribution >= 4 is 39.0 Å². The van der Waals surface area contributed by atoms with Crippen LogP contribution in [0.15, 0.2) is 66.9 Å². The van der Waals surface area contributed by atoms with Crippen molar-refractivity contribution in [2.24, 2.45) is 0 Å². The number of H-pyrrole nitrogens is 1. The van der Waals surface area contributed by atoms with Crippen LogP contribution >= 0.6 is 0 Å². The highest BCUT2D eigenvalue weighted by Crippen LogP contribution is 2.31. The molecule has 0 saturated carbocycles. The van der Waals surface area contributed by atoms with Gasteiger partial charge in [-0.05, 0) is 48.5 Å². The van der Waals surface area contributed by atoms with Crippen LogP contribution in [-0.2, 0) is 4.74 Å². The molecule has 0 aliphatic carbocycles. The summed E-state index contributed by atoms with van der Waals surface area (Å²) in [4.78, 5) is 9.60. The molecule has 5 rings (SSSR count). The van der Waals surface area contributed by atoms with Crippen LogP contribution in [-0.4, -0.2) is 40.5 Å². The predicted molar refractivity (Wildman–Crippen MR) is 126 cm³/mol. The van der Waals surface area contributed by atoms with Gasteiger partial charge in [0.1, 0.15) is 18.2 Å². The lowest BCUT2D eigenvalue weighted by Crippen LogP contribution is -2.05. The van der Waals surface area contributed by atoms with Crippen molar-refractivity contribution in [2.45, 2.75) is 0 Å². The smallest absolute Gasteiger partial charge is 0.162 e. The fourth-order valence-corrected chi connectivity index (χ4v) is 3.50.